The number of pyridine rings is 1. The van der Waals surface area contributed by atoms with Crippen molar-refractivity contribution < 1.29 is 23.9 Å². The lowest BCUT2D eigenvalue weighted by Gasteiger charge is -2.09. The molecule has 2 aromatic rings. The van der Waals surface area contributed by atoms with Gasteiger partial charge in [-0.3, -0.25) is 20.1 Å². The Bertz CT molecular complexity index is 1100. The molecule has 1 atom stereocenters. The predicted molar refractivity (Wildman–Crippen MR) is 189 cm³/mol. The second kappa shape index (κ2) is 31.6. The molecule has 1 N–H and O–H groups in total. The number of aliphatic imine (C=N–C) groups is 1. The van der Waals surface area contributed by atoms with Gasteiger partial charge in [0.15, 0.2) is 6.10 Å². The minimum absolute atomic E-state index is 0.353. The molecule has 0 spiro atoms. The highest BCUT2D eigenvalue weighted by molar-refractivity contribution is 6.00. The van der Waals surface area contributed by atoms with E-state index in [9.17, 15) is 14.4 Å². The number of hydrogen-bond acceptors (Lipinski definition) is 7. The molecule has 3 rings (SSSR count). The lowest BCUT2D eigenvalue weighted by atomic mass is 10.1. The lowest BCUT2D eigenvalue weighted by Crippen LogP contribution is -2.25. The number of rotatable bonds is 11. The summed E-state index contributed by atoms with van der Waals surface area (Å²) in [5.41, 5.74) is 5.60. The van der Waals surface area contributed by atoms with Crippen molar-refractivity contribution in [1.29, 1.82) is 0 Å². The summed E-state index contributed by atoms with van der Waals surface area (Å²) in [4.78, 5) is 40.4. The number of aromatic nitrogens is 1. The van der Waals surface area contributed by atoms with Crippen molar-refractivity contribution in [1.82, 2.24) is 10.3 Å². The molecule has 1 aliphatic rings. The third-order valence-electron chi connectivity index (χ3n) is 5.74. The van der Waals surface area contributed by atoms with Crippen LogP contribution in [0.5, 0.6) is 5.75 Å². The number of aryl methyl sites for hydroxylation is 1. The van der Waals surface area contributed by atoms with Crippen LogP contribution in [0.25, 0.3) is 0 Å². The maximum Gasteiger partial charge on any atom is 0.414 e. The number of cyclic esters (lactones) is 1. The number of benzene rings is 1. The number of carbonyl (C=O) groups excluding carboxylic acids is 3. The molecular weight excluding hydrogens is 566 g/mol. The maximum atomic E-state index is 11.5. The van der Waals surface area contributed by atoms with Gasteiger partial charge in [0.1, 0.15) is 12.0 Å². The summed E-state index contributed by atoms with van der Waals surface area (Å²) >= 11 is 0. The monoisotopic (exact) mass is 627 g/mol. The van der Waals surface area contributed by atoms with Gasteiger partial charge >= 0.3 is 6.09 Å². The molecule has 1 aliphatic heterocycles. The van der Waals surface area contributed by atoms with Gasteiger partial charge in [-0.2, -0.15) is 0 Å². The fourth-order valence-corrected chi connectivity index (χ4v) is 3.29. The number of alkyl carbamates (subject to hydrolysis) is 1. The Morgan fingerprint density at radius 1 is 0.956 bits per heavy atom. The molecule has 2 heterocycles. The molecule has 1 fully saturated rings. The summed E-state index contributed by atoms with van der Waals surface area (Å²) < 4.78 is 10.6. The zero-order valence-corrected chi connectivity index (χ0v) is 30.2. The SMILES string of the molecule is C/C=C(/CC)N=C(C)CC.CC.CC.CC.CCC=O.CCc1ccnc(CCOc2ccc(CC3OC(=O)NC3=O)cc2)c1. The number of hydrogen-bond donors (Lipinski definition) is 1. The van der Waals surface area contributed by atoms with Crippen LogP contribution in [0, 0.1) is 0 Å². The number of imide groups is 1. The van der Waals surface area contributed by atoms with E-state index in [1.807, 2.05) is 91.9 Å². The van der Waals surface area contributed by atoms with Gasteiger partial charge in [-0.25, -0.2) is 4.79 Å². The van der Waals surface area contributed by atoms with Crippen LogP contribution in [0.15, 0.2) is 59.4 Å². The highest BCUT2D eigenvalue weighted by atomic mass is 16.6. The first kappa shape index (κ1) is 45.6. The van der Waals surface area contributed by atoms with Crippen LogP contribution in [-0.4, -0.2) is 41.7 Å². The number of nitrogens with zero attached hydrogens (tertiary/aromatic N) is 2. The standard InChI is InChI=1S/C19H20N2O4.C9H17N.C3H6O.3C2H6/c1-2-13-7-9-20-15(11-13)8-10-24-16-5-3-14(4-6-16)12-17-18(22)21-19(23)25-17;1-5-8(4)10-9(6-2)7-3;1-2-3-4;3*1-2/h3-7,9,11,17H,2,8,10,12H2,1H3,(H,21,22,23);6H,5,7H2,1-4H3;3H,2H2,1H3;3*1-2H3/b;9-6-,10-8?;;;;. The van der Waals surface area contributed by atoms with Crippen molar-refractivity contribution in [3.63, 3.8) is 0 Å². The summed E-state index contributed by atoms with van der Waals surface area (Å²) in [5.74, 6) is 0.357. The third kappa shape index (κ3) is 22.4. The zero-order valence-electron chi connectivity index (χ0n) is 30.2. The molecule has 1 aromatic heterocycles. The molecule has 254 valence electrons. The number of ether oxygens (including phenoxy) is 2. The first-order chi connectivity index (χ1) is 21.8. The van der Waals surface area contributed by atoms with Crippen molar-refractivity contribution in [3.8, 4) is 5.75 Å². The molecule has 8 nitrogen and oxygen atoms in total. The molecule has 2 amide bonds. The van der Waals surface area contributed by atoms with Gasteiger partial charge < -0.3 is 14.3 Å². The molecule has 8 heteroatoms. The van der Waals surface area contributed by atoms with E-state index >= 15 is 0 Å². The molecule has 1 unspecified atom stereocenters. The van der Waals surface area contributed by atoms with Crippen molar-refractivity contribution in [2.24, 2.45) is 4.99 Å². The van der Waals surface area contributed by atoms with Gasteiger partial charge in [0.25, 0.3) is 5.91 Å². The molecular formula is C37H61N3O5. The third-order valence-corrected chi connectivity index (χ3v) is 5.74. The summed E-state index contributed by atoms with van der Waals surface area (Å²) in [6, 6.07) is 11.5. The average molecular weight is 628 g/mol. The van der Waals surface area contributed by atoms with E-state index in [0.717, 1.165) is 49.0 Å². The first-order valence-electron chi connectivity index (χ1n) is 16.6. The van der Waals surface area contributed by atoms with Crippen LogP contribution < -0.4 is 10.1 Å². The van der Waals surface area contributed by atoms with Crippen LogP contribution >= 0.6 is 0 Å². The summed E-state index contributed by atoms with van der Waals surface area (Å²) in [7, 11) is 0. The summed E-state index contributed by atoms with van der Waals surface area (Å²) in [5, 5.41) is 2.12. The molecule has 45 heavy (non-hydrogen) atoms. The topological polar surface area (TPSA) is 107 Å². The highest BCUT2D eigenvalue weighted by Crippen LogP contribution is 2.16. The van der Waals surface area contributed by atoms with Crippen LogP contribution in [0.4, 0.5) is 4.79 Å². The van der Waals surface area contributed by atoms with E-state index in [-0.39, 0.29) is 0 Å². The fraction of sp³-hybridized carbons (Fsp3) is 0.541. The van der Waals surface area contributed by atoms with Gasteiger partial charge in [0.2, 0.25) is 0 Å². The Morgan fingerprint density at radius 3 is 2.00 bits per heavy atom. The maximum absolute atomic E-state index is 11.5. The molecule has 0 bridgehead atoms. The molecule has 0 aliphatic carbocycles. The van der Waals surface area contributed by atoms with E-state index in [2.05, 4.69) is 55.1 Å². The van der Waals surface area contributed by atoms with Gasteiger partial charge in [0.05, 0.1) is 6.61 Å². The second-order valence-electron chi connectivity index (χ2n) is 8.75. The number of amides is 2. The van der Waals surface area contributed by atoms with Crippen molar-refractivity contribution in [2.45, 2.75) is 128 Å². The van der Waals surface area contributed by atoms with Gasteiger partial charge in [-0.1, -0.05) is 87.4 Å². The van der Waals surface area contributed by atoms with E-state index in [1.54, 1.807) is 0 Å². The molecule has 0 saturated carbocycles. The molecule has 1 saturated heterocycles. The van der Waals surface area contributed by atoms with E-state index < -0.39 is 18.1 Å². The number of allylic oxidation sites excluding steroid dienone is 2. The highest BCUT2D eigenvalue weighted by Gasteiger charge is 2.31. The van der Waals surface area contributed by atoms with E-state index in [4.69, 9.17) is 9.47 Å². The van der Waals surface area contributed by atoms with Crippen LogP contribution in [0.2, 0.25) is 0 Å². The second-order valence-corrected chi connectivity index (χ2v) is 8.75. The lowest BCUT2D eigenvalue weighted by molar-refractivity contribution is -0.123. The van der Waals surface area contributed by atoms with Gasteiger partial charge in [-0.15, -0.1) is 0 Å². The van der Waals surface area contributed by atoms with Crippen molar-refractivity contribution >= 4 is 24.0 Å². The predicted octanol–water partition coefficient (Wildman–Crippen LogP) is 9.29. The molecule has 1 aromatic carbocycles. The Hall–Kier alpha value is -3.81. The van der Waals surface area contributed by atoms with Crippen LogP contribution in [0.3, 0.4) is 0 Å². The van der Waals surface area contributed by atoms with Gasteiger partial charge in [0, 0.05) is 42.6 Å². The molecule has 0 radical (unpaired) electrons. The van der Waals surface area contributed by atoms with Crippen LogP contribution in [0.1, 0.15) is 119 Å². The Labute approximate surface area is 274 Å². The fourth-order valence-electron chi connectivity index (χ4n) is 3.29. The number of nitrogens with one attached hydrogen (secondary N) is 1. The first-order valence-corrected chi connectivity index (χ1v) is 16.6. The number of carbonyl (C=O) groups is 3. The Kier molecular flexibility index (Phi) is 32.0. The smallest absolute Gasteiger partial charge is 0.414 e. The minimum atomic E-state index is -0.754. The van der Waals surface area contributed by atoms with Crippen LogP contribution in [-0.2, 0) is 33.6 Å². The van der Waals surface area contributed by atoms with Gasteiger partial charge in [-0.05, 0) is 68.5 Å². The Morgan fingerprint density at radius 2 is 1.56 bits per heavy atom. The van der Waals surface area contributed by atoms with E-state index in [0.29, 0.717) is 19.4 Å². The summed E-state index contributed by atoms with van der Waals surface area (Å²) in [6.45, 7) is 24.8. The Balaban J connectivity index is -0.000000735. The largest absolute Gasteiger partial charge is 0.493 e. The average Bonchev–Trinajstić information content (AvgIpc) is 3.42. The van der Waals surface area contributed by atoms with E-state index in [1.165, 1.54) is 17.0 Å². The zero-order chi connectivity index (χ0) is 35.0. The van der Waals surface area contributed by atoms with Crippen molar-refractivity contribution in [3.05, 3.63) is 71.2 Å². The number of aldehydes is 1. The normalized spacial score (nSPS) is 13.2. The minimum Gasteiger partial charge on any atom is -0.493 e. The van der Waals surface area contributed by atoms with Crippen molar-refractivity contribution in [2.75, 3.05) is 6.61 Å². The quantitative estimate of drug-likeness (QED) is 0.197. The summed E-state index contributed by atoms with van der Waals surface area (Å²) in [6.07, 6.45) is 8.15.